The first-order chi connectivity index (χ1) is 7.43. The van der Waals surface area contributed by atoms with Crippen molar-refractivity contribution in [3.63, 3.8) is 0 Å². The summed E-state index contributed by atoms with van der Waals surface area (Å²) >= 11 is 5.59. The summed E-state index contributed by atoms with van der Waals surface area (Å²) in [6.45, 7) is 0. The largest absolute Gasteiger partial charge is 0.433 e. The molecule has 0 atom stereocenters. The van der Waals surface area contributed by atoms with Gasteiger partial charge in [0.2, 0.25) is 0 Å². The van der Waals surface area contributed by atoms with E-state index in [4.69, 9.17) is 16.9 Å². The van der Waals surface area contributed by atoms with Gasteiger partial charge in [0.1, 0.15) is 22.5 Å². The van der Waals surface area contributed by atoms with Crippen LogP contribution in [0.4, 0.5) is 13.2 Å². The molecule has 0 aliphatic rings. The van der Waals surface area contributed by atoms with Crippen molar-refractivity contribution in [3.8, 4) is 6.07 Å². The van der Waals surface area contributed by atoms with Crippen LogP contribution in [0.15, 0.2) is 12.3 Å². The van der Waals surface area contributed by atoms with Gasteiger partial charge in [-0.2, -0.15) is 23.5 Å². The summed E-state index contributed by atoms with van der Waals surface area (Å²) in [5.74, 6) is 0. The summed E-state index contributed by atoms with van der Waals surface area (Å²) < 4.78 is 38.2. The quantitative estimate of drug-likeness (QED) is 0.670. The molecule has 2 rings (SSSR count). The molecule has 0 unspecified atom stereocenters. The Bertz CT molecular complexity index is 596. The predicted molar refractivity (Wildman–Crippen MR) is 47.7 cm³/mol. The number of rotatable bonds is 0. The van der Waals surface area contributed by atoms with E-state index in [1.165, 1.54) is 0 Å². The van der Waals surface area contributed by atoms with Gasteiger partial charge in [-0.25, -0.2) is 9.50 Å². The molecule has 4 nitrogen and oxygen atoms in total. The smallest absolute Gasteiger partial charge is 0.223 e. The molecule has 0 saturated carbocycles. The molecule has 0 aliphatic heterocycles. The molecule has 2 heterocycles. The van der Waals surface area contributed by atoms with Gasteiger partial charge >= 0.3 is 6.18 Å². The lowest BCUT2D eigenvalue weighted by Crippen LogP contribution is -2.10. The average molecular weight is 247 g/mol. The number of halogens is 4. The molecule has 0 saturated heterocycles. The fourth-order valence-electron chi connectivity index (χ4n) is 1.15. The van der Waals surface area contributed by atoms with Crippen LogP contribution in [-0.2, 0) is 6.18 Å². The van der Waals surface area contributed by atoms with E-state index in [1.807, 2.05) is 0 Å². The zero-order valence-corrected chi connectivity index (χ0v) is 8.21. The van der Waals surface area contributed by atoms with Gasteiger partial charge in [-0.3, -0.25) is 0 Å². The highest BCUT2D eigenvalue weighted by atomic mass is 35.5. The summed E-state index contributed by atoms with van der Waals surface area (Å²) in [7, 11) is 0. The molecule has 0 spiro atoms. The first kappa shape index (κ1) is 10.7. The first-order valence-electron chi connectivity index (χ1n) is 3.95. The maximum Gasteiger partial charge on any atom is 0.433 e. The zero-order chi connectivity index (χ0) is 11.9. The van der Waals surface area contributed by atoms with Gasteiger partial charge in [0, 0.05) is 6.07 Å². The van der Waals surface area contributed by atoms with Crippen molar-refractivity contribution in [2.45, 2.75) is 6.18 Å². The van der Waals surface area contributed by atoms with Crippen molar-refractivity contribution in [2.24, 2.45) is 0 Å². The van der Waals surface area contributed by atoms with Crippen molar-refractivity contribution in [1.29, 1.82) is 5.26 Å². The minimum atomic E-state index is -4.61. The summed E-state index contributed by atoms with van der Waals surface area (Å²) in [5.41, 5.74) is -1.42. The fourth-order valence-corrected chi connectivity index (χ4v) is 1.38. The highest BCUT2D eigenvalue weighted by Gasteiger charge is 2.34. The summed E-state index contributed by atoms with van der Waals surface area (Å²) in [6.07, 6.45) is -3.50. The molecular weight excluding hydrogens is 245 g/mol. The average Bonchev–Trinajstić information content (AvgIpc) is 2.59. The van der Waals surface area contributed by atoms with E-state index in [9.17, 15) is 13.2 Å². The van der Waals surface area contributed by atoms with Crippen LogP contribution < -0.4 is 0 Å². The molecule has 82 valence electrons. The number of fused-ring (bicyclic) bond motifs is 1. The van der Waals surface area contributed by atoms with Crippen LogP contribution in [0.1, 0.15) is 11.3 Å². The molecule has 0 aromatic carbocycles. The number of hydrogen-bond donors (Lipinski definition) is 0. The molecule has 0 aliphatic carbocycles. The zero-order valence-electron chi connectivity index (χ0n) is 7.46. The Morgan fingerprint density at radius 2 is 2.12 bits per heavy atom. The molecule has 0 fully saturated rings. The third-order valence-electron chi connectivity index (χ3n) is 1.84. The van der Waals surface area contributed by atoms with Crippen molar-refractivity contribution in [2.75, 3.05) is 0 Å². The maximum absolute atomic E-state index is 12.4. The second kappa shape index (κ2) is 3.35. The van der Waals surface area contributed by atoms with E-state index in [-0.39, 0.29) is 16.4 Å². The van der Waals surface area contributed by atoms with Crippen LogP contribution in [0.2, 0.25) is 5.15 Å². The van der Waals surface area contributed by atoms with Gasteiger partial charge in [0.15, 0.2) is 5.65 Å². The van der Waals surface area contributed by atoms with Gasteiger partial charge in [0.05, 0.1) is 6.20 Å². The molecule has 16 heavy (non-hydrogen) atoms. The first-order valence-corrected chi connectivity index (χ1v) is 4.33. The van der Waals surface area contributed by atoms with Crippen molar-refractivity contribution in [3.05, 3.63) is 28.7 Å². The van der Waals surface area contributed by atoms with Crippen LogP contribution in [0, 0.1) is 11.3 Å². The lowest BCUT2D eigenvalue weighted by Gasteiger charge is -2.06. The van der Waals surface area contributed by atoms with Crippen LogP contribution in [-0.4, -0.2) is 14.6 Å². The number of alkyl halides is 3. The van der Waals surface area contributed by atoms with Crippen LogP contribution in [0.3, 0.4) is 0 Å². The van der Waals surface area contributed by atoms with E-state index in [2.05, 4.69) is 10.1 Å². The van der Waals surface area contributed by atoms with E-state index >= 15 is 0 Å². The Balaban J connectivity index is 2.79. The van der Waals surface area contributed by atoms with Crippen molar-refractivity contribution >= 4 is 17.2 Å². The third-order valence-corrected chi connectivity index (χ3v) is 2.11. The van der Waals surface area contributed by atoms with Crippen molar-refractivity contribution in [1.82, 2.24) is 14.6 Å². The summed E-state index contributed by atoms with van der Waals surface area (Å²) in [6, 6.07) is 2.34. The number of nitrogens with zero attached hydrogens (tertiary/aromatic N) is 4. The SMILES string of the molecule is N#Cc1cnn2c(Cl)cc(C(F)(F)F)nc12. The van der Waals surface area contributed by atoms with E-state index < -0.39 is 11.9 Å². The normalized spacial score (nSPS) is 11.7. The van der Waals surface area contributed by atoms with Gasteiger partial charge in [0.25, 0.3) is 0 Å². The fraction of sp³-hybridized carbons (Fsp3) is 0.125. The lowest BCUT2D eigenvalue weighted by molar-refractivity contribution is -0.141. The monoisotopic (exact) mass is 246 g/mol. The highest BCUT2D eigenvalue weighted by Crippen LogP contribution is 2.30. The lowest BCUT2D eigenvalue weighted by atomic mass is 10.3. The Labute approximate surface area is 91.9 Å². The summed E-state index contributed by atoms with van der Waals surface area (Å²) in [4.78, 5) is 3.31. The topological polar surface area (TPSA) is 54.0 Å². The Hall–Kier alpha value is -1.81. The highest BCUT2D eigenvalue weighted by molar-refractivity contribution is 6.29. The summed E-state index contributed by atoms with van der Waals surface area (Å²) in [5, 5.41) is 12.0. The molecule has 0 N–H and O–H groups in total. The molecule has 2 aromatic heterocycles. The second-order valence-electron chi connectivity index (χ2n) is 2.87. The maximum atomic E-state index is 12.4. The van der Waals surface area contributed by atoms with Gasteiger partial charge in [-0.1, -0.05) is 11.6 Å². The van der Waals surface area contributed by atoms with Crippen LogP contribution >= 0.6 is 11.6 Å². The third kappa shape index (κ3) is 1.57. The van der Waals surface area contributed by atoms with Gasteiger partial charge in [-0.15, -0.1) is 0 Å². The Kier molecular flexibility index (Phi) is 2.24. The molecule has 0 radical (unpaired) electrons. The minimum Gasteiger partial charge on any atom is -0.223 e. The molecule has 2 aromatic rings. The van der Waals surface area contributed by atoms with E-state index in [0.29, 0.717) is 6.07 Å². The second-order valence-corrected chi connectivity index (χ2v) is 3.25. The van der Waals surface area contributed by atoms with Crippen molar-refractivity contribution < 1.29 is 13.2 Å². The predicted octanol–water partition coefficient (Wildman–Crippen LogP) is 2.27. The molecule has 0 amide bonds. The molecule has 0 bridgehead atoms. The minimum absolute atomic E-state index is 0.0620. The van der Waals surface area contributed by atoms with Crippen LogP contribution in [0.5, 0.6) is 0 Å². The molecular formula is C8H2ClF3N4. The number of nitriles is 1. The van der Waals surface area contributed by atoms with Gasteiger partial charge in [-0.05, 0) is 0 Å². The van der Waals surface area contributed by atoms with E-state index in [1.54, 1.807) is 6.07 Å². The number of aromatic nitrogens is 3. The van der Waals surface area contributed by atoms with Crippen LogP contribution in [0.25, 0.3) is 5.65 Å². The Morgan fingerprint density at radius 1 is 1.44 bits per heavy atom. The Morgan fingerprint density at radius 3 is 2.69 bits per heavy atom. The van der Waals surface area contributed by atoms with E-state index in [0.717, 1.165) is 10.7 Å². The number of hydrogen-bond acceptors (Lipinski definition) is 3. The molecule has 8 heteroatoms. The van der Waals surface area contributed by atoms with Gasteiger partial charge < -0.3 is 0 Å². The standard InChI is InChI=1S/C8H2ClF3N4/c9-6-1-5(8(10,11)12)15-7-4(2-13)3-14-16(6)7/h1,3H.